The largest absolute Gasteiger partial charge is 0.416 e. The predicted octanol–water partition coefficient (Wildman–Crippen LogP) is 6.93. The van der Waals surface area contributed by atoms with E-state index in [2.05, 4.69) is 4.74 Å². The van der Waals surface area contributed by atoms with E-state index in [-0.39, 0.29) is 29.3 Å². The van der Waals surface area contributed by atoms with Crippen LogP contribution in [-0.4, -0.2) is 18.1 Å². The summed E-state index contributed by atoms with van der Waals surface area (Å²) >= 11 is 0. The predicted molar refractivity (Wildman–Crippen MR) is 105 cm³/mol. The Hall–Kier alpha value is -3.83. The van der Waals surface area contributed by atoms with Gasteiger partial charge in [-0.3, -0.25) is 0 Å². The van der Waals surface area contributed by atoms with Crippen molar-refractivity contribution in [2.45, 2.75) is 23.9 Å². The molecule has 12 heteroatoms. The minimum Gasteiger partial charge on any atom is -0.386 e. The summed E-state index contributed by atoms with van der Waals surface area (Å²) in [5, 5.41) is 0. The van der Waals surface area contributed by atoms with Crippen LogP contribution >= 0.6 is 0 Å². The number of alkyl halides is 9. The van der Waals surface area contributed by atoms with E-state index in [1.54, 1.807) is 0 Å². The van der Waals surface area contributed by atoms with Gasteiger partial charge in [0, 0.05) is 0 Å². The molecular weight excluding hydrogens is 507 g/mol. The van der Waals surface area contributed by atoms with Crippen LogP contribution in [0.15, 0.2) is 66.7 Å². The van der Waals surface area contributed by atoms with Gasteiger partial charge in [0.05, 0.1) is 22.3 Å². The second kappa shape index (κ2) is 8.10. The summed E-state index contributed by atoms with van der Waals surface area (Å²) in [6, 6.07) is 6.00. The first-order chi connectivity index (χ1) is 16.5. The standard InChI is InChI=1S/C24H11F9O3/c25-22(26,27)17-9-16(10-18(11-17)23(28,29)30)21(24(31,32)33)14-5-1-12(2-6-14)19(34)36-20(35)13-3-7-15(21)8-4-13/h1-11H. The summed E-state index contributed by atoms with van der Waals surface area (Å²) < 4.78 is 131. The minimum atomic E-state index is -5.49. The number of esters is 2. The number of rotatable bonds is 1. The highest BCUT2D eigenvalue weighted by Crippen LogP contribution is 2.53. The molecular formula is C24H11F9O3. The molecule has 4 aliphatic rings. The van der Waals surface area contributed by atoms with Crippen LogP contribution < -0.4 is 0 Å². The van der Waals surface area contributed by atoms with Crippen molar-refractivity contribution in [3.8, 4) is 0 Å². The lowest BCUT2D eigenvalue weighted by Gasteiger charge is -2.38. The second-order valence-corrected chi connectivity index (χ2v) is 7.87. The Morgan fingerprint density at radius 2 is 0.889 bits per heavy atom. The molecule has 4 aliphatic heterocycles. The van der Waals surface area contributed by atoms with E-state index in [4.69, 9.17) is 0 Å². The van der Waals surface area contributed by atoms with Gasteiger partial charge in [0.1, 0.15) is 5.41 Å². The van der Waals surface area contributed by atoms with Crippen molar-refractivity contribution in [1.82, 2.24) is 0 Å². The van der Waals surface area contributed by atoms with Gasteiger partial charge in [-0.15, -0.1) is 0 Å². The quantitative estimate of drug-likeness (QED) is 0.199. The Bertz CT molecular complexity index is 1240. The maximum absolute atomic E-state index is 15.0. The SMILES string of the molecule is O=C1OC(=O)c2ccc(cc2)C(c2cc(C(F)(F)F)cc(C(F)(F)F)c2)(C(F)(F)F)c2ccc1cc2. The van der Waals surface area contributed by atoms with Gasteiger partial charge in [-0.1, -0.05) is 24.3 Å². The average Bonchev–Trinajstić information content (AvgIpc) is 2.77. The molecule has 0 saturated heterocycles. The molecule has 0 saturated carbocycles. The molecule has 0 radical (unpaired) electrons. The molecule has 0 fully saturated rings. The van der Waals surface area contributed by atoms with E-state index in [0.717, 1.165) is 48.5 Å². The zero-order valence-corrected chi connectivity index (χ0v) is 17.5. The van der Waals surface area contributed by atoms with Crippen LogP contribution in [0.4, 0.5) is 39.5 Å². The highest BCUT2D eigenvalue weighted by molar-refractivity contribution is 6.02. The number of halogens is 9. The molecule has 4 heterocycles. The van der Waals surface area contributed by atoms with Crippen molar-refractivity contribution in [3.63, 3.8) is 0 Å². The highest BCUT2D eigenvalue weighted by Gasteiger charge is 2.59. The fourth-order valence-electron chi connectivity index (χ4n) is 4.08. The van der Waals surface area contributed by atoms with Crippen molar-refractivity contribution >= 4 is 11.9 Å². The molecule has 36 heavy (non-hydrogen) atoms. The van der Waals surface area contributed by atoms with E-state index >= 15 is 13.2 Å². The number of ether oxygens (including phenoxy) is 1. The van der Waals surface area contributed by atoms with Gasteiger partial charge in [-0.05, 0) is 59.2 Å². The van der Waals surface area contributed by atoms with E-state index in [1.165, 1.54) is 0 Å². The van der Waals surface area contributed by atoms with E-state index in [1.807, 2.05) is 0 Å². The number of benzene rings is 3. The summed E-state index contributed by atoms with van der Waals surface area (Å²) in [7, 11) is 0. The van der Waals surface area contributed by atoms with Crippen molar-refractivity contribution in [1.29, 1.82) is 0 Å². The fraction of sp³-hybridized carbons (Fsp3) is 0.167. The first-order valence-electron chi connectivity index (χ1n) is 9.89. The minimum absolute atomic E-state index is 0.00976. The van der Waals surface area contributed by atoms with Gasteiger partial charge in [0.2, 0.25) is 0 Å². The third-order valence-corrected chi connectivity index (χ3v) is 5.74. The molecule has 0 aliphatic carbocycles. The molecule has 3 aromatic rings. The van der Waals surface area contributed by atoms with Crippen LogP contribution in [0.3, 0.4) is 0 Å². The zero-order valence-electron chi connectivity index (χ0n) is 17.5. The second-order valence-electron chi connectivity index (χ2n) is 7.87. The summed E-state index contributed by atoms with van der Waals surface area (Å²) in [4.78, 5) is 24.4. The van der Waals surface area contributed by atoms with Gasteiger partial charge in [-0.2, -0.15) is 39.5 Å². The summed E-state index contributed by atoms with van der Waals surface area (Å²) in [6.45, 7) is 0. The monoisotopic (exact) mass is 518 g/mol. The summed E-state index contributed by atoms with van der Waals surface area (Å²) in [5.74, 6) is -2.43. The molecule has 7 rings (SSSR count). The summed E-state index contributed by atoms with van der Waals surface area (Å²) in [6.07, 6.45) is -16.3. The van der Waals surface area contributed by atoms with Crippen molar-refractivity contribution in [2.24, 2.45) is 0 Å². The van der Waals surface area contributed by atoms with Crippen molar-refractivity contribution in [3.05, 3.63) is 106 Å². The van der Waals surface area contributed by atoms with Crippen LogP contribution in [0.25, 0.3) is 0 Å². The van der Waals surface area contributed by atoms with Crippen LogP contribution in [0, 0.1) is 0 Å². The Balaban J connectivity index is 2.19. The molecule has 0 spiro atoms. The molecule has 4 bridgehead atoms. The van der Waals surface area contributed by atoms with E-state index in [9.17, 15) is 35.9 Å². The van der Waals surface area contributed by atoms with Gasteiger partial charge < -0.3 is 4.74 Å². The maximum atomic E-state index is 15.0. The average molecular weight is 518 g/mol. The van der Waals surface area contributed by atoms with Crippen molar-refractivity contribution in [2.75, 3.05) is 0 Å². The fourth-order valence-corrected chi connectivity index (χ4v) is 4.08. The number of hydrogen-bond acceptors (Lipinski definition) is 3. The van der Waals surface area contributed by atoms with Crippen LogP contribution in [0.2, 0.25) is 0 Å². The lowest BCUT2D eigenvalue weighted by Crippen LogP contribution is -2.45. The Labute approximate surface area is 196 Å². The summed E-state index contributed by atoms with van der Waals surface area (Å²) in [5.41, 5.74) is -11.0. The maximum Gasteiger partial charge on any atom is 0.416 e. The van der Waals surface area contributed by atoms with E-state index < -0.39 is 63.7 Å². The van der Waals surface area contributed by atoms with Gasteiger partial charge in [0.25, 0.3) is 0 Å². The zero-order chi connectivity index (χ0) is 26.7. The topological polar surface area (TPSA) is 43.4 Å². The van der Waals surface area contributed by atoms with Crippen LogP contribution in [0.1, 0.15) is 48.5 Å². The molecule has 3 nitrogen and oxygen atoms in total. The Morgan fingerprint density at radius 3 is 1.19 bits per heavy atom. The third kappa shape index (κ3) is 4.10. The van der Waals surface area contributed by atoms with Crippen LogP contribution in [-0.2, 0) is 22.5 Å². The number of hydrogen-bond donors (Lipinski definition) is 0. The lowest BCUT2D eigenvalue weighted by molar-refractivity contribution is -0.167. The molecule has 0 unspecified atom stereocenters. The Kier molecular flexibility index (Phi) is 5.69. The molecule has 0 atom stereocenters. The van der Waals surface area contributed by atoms with Gasteiger partial charge in [-0.25, -0.2) is 9.59 Å². The third-order valence-electron chi connectivity index (χ3n) is 5.74. The van der Waals surface area contributed by atoms with Gasteiger partial charge in [0.15, 0.2) is 0 Å². The normalized spacial score (nSPS) is 15.9. The number of carbonyl (C=O) groups excluding carboxylic acids is 2. The smallest absolute Gasteiger partial charge is 0.386 e. The lowest BCUT2D eigenvalue weighted by atomic mass is 9.68. The number of carbonyl (C=O) groups is 2. The van der Waals surface area contributed by atoms with E-state index in [0.29, 0.717) is 0 Å². The first kappa shape index (κ1) is 25.3. The highest BCUT2D eigenvalue weighted by atomic mass is 19.4. The van der Waals surface area contributed by atoms with Crippen molar-refractivity contribution < 1.29 is 53.8 Å². The molecule has 3 aromatic carbocycles. The molecule has 0 amide bonds. The molecule has 188 valence electrons. The van der Waals surface area contributed by atoms with Crippen LogP contribution in [0.5, 0.6) is 0 Å². The molecule has 0 N–H and O–H groups in total. The first-order valence-corrected chi connectivity index (χ1v) is 9.89. The van der Waals surface area contributed by atoms with Gasteiger partial charge >= 0.3 is 30.5 Å². The molecule has 0 aromatic heterocycles. The Morgan fingerprint density at radius 1 is 0.528 bits per heavy atom.